The number of methoxy groups -OCH3 is 1. The third-order valence-electron chi connectivity index (χ3n) is 4.03. The number of H-pyrrole nitrogens is 1. The molecule has 2 N–H and O–H groups in total. The Labute approximate surface area is 171 Å². The van der Waals surface area contributed by atoms with E-state index in [0.29, 0.717) is 10.9 Å². The second-order valence-electron chi connectivity index (χ2n) is 6.12. The van der Waals surface area contributed by atoms with Gasteiger partial charge in [0.25, 0.3) is 0 Å². The van der Waals surface area contributed by atoms with Gasteiger partial charge in [-0.15, -0.1) is 16.4 Å². The van der Waals surface area contributed by atoms with E-state index in [4.69, 9.17) is 4.74 Å². The number of benzene rings is 2. The Morgan fingerprint density at radius 3 is 2.61 bits per heavy atom. The Morgan fingerprint density at radius 2 is 1.86 bits per heavy atom. The number of aromatic nitrogens is 4. The van der Waals surface area contributed by atoms with Gasteiger partial charge in [-0.3, -0.25) is 5.10 Å². The molecule has 0 bridgehead atoms. The number of hydrogen-bond acceptors (Lipinski definition) is 7. The van der Waals surface area contributed by atoms with Crippen molar-refractivity contribution in [2.75, 3.05) is 12.4 Å². The molecule has 0 fully saturated rings. The Bertz CT molecular complexity index is 1040. The molecule has 4 aromatic rings. The maximum atomic E-state index is 5.18. The normalized spacial score (nSPS) is 10.8. The Hall–Kier alpha value is -2.84. The SMILES string of the molecule is COc1ccc(-c2nc(SCc3csc(Nc4ccc(C)cc4)n3)n[nH]2)cc1. The number of thiazole rings is 1. The lowest BCUT2D eigenvalue weighted by molar-refractivity contribution is 0.415. The molecule has 142 valence electrons. The molecular weight excluding hydrogens is 390 g/mol. The first-order chi connectivity index (χ1) is 13.7. The molecule has 8 heteroatoms. The molecule has 2 aromatic heterocycles. The molecule has 0 saturated carbocycles. The highest BCUT2D eigenvalue weighted by molar-refractivity contribution is 7.98. The summed E-state index contributed by atoms with van der Waals surface area (Å²) in [5.41, 5.74) is 4.25. The molecule has 0 unspecified atom stereocenters. The summed E-state index contributed by atoms with van der Waals surface area (Å²) in [5.74, 6) is 2.27. The fraction of sp³-hybridized carbons (Fsp3) is 0.150. The molecule has 0 aliphatic heterocycles. The summed E-state index contributed by atoms with van der Waals surface area (Å²) in [6.45, 7) is 2.08. The van der Waals surface area contributed by atoms with Gasteiger partial charge in [-0.25, -0.2) is 9.97 Å². The minimum atomic E-state index is 0.701. The zero-order chi connectivity index (χ0) is 19.3. The average molecular weight is 410 g/mol. The minimum Gasteiger partial charge on any atom is -0.497 e. The zero-order valence-electron chi connectivity index (χ0n) is 15.5. The quantitative estimate of drug-likeness (QED) is 0.404. The van der Waals surface area contributed by atoms with Crippen molar-refractivity contribution in [3.8, 4) is 17.1 Å². The summed E-state index contributed by atoms with van der Waals surface area (Å²) in [4.78, 5) is 9.18. The lowest BCUT2D eigenvalue weighted by Crippen LogP contribution is -1.90. The Morgan fingerprint density at radius 1 is 1.07 bits per heavy atom. The van der Waals surface area contributed by atoms with Crippen LogP contribution in [0.1, 0.15) is 11.3 Å². The first-order valence-electron chi connectivity index (χ1n) is 8.67. The summed E-state index contributed by atoms with van der Waals surface area (Å²) in [5, 5.41) is 14.2. The van der Waals surface area contributed by atoms with Crippen molar-refractivity contribution < 1.29 is 4.74 Å². The smallest absolute Gasteiger partial charge is 0.209 e. The second-order valence-corrected chi connectivity index (χ2v) is 7.92. The summed E-state index contributed by atoms with van der Waals surface area (Å²) >= 11 is 3.15. The summed E-state index contributed by atoms with van der Waals surface area (Å²) in [7, 11) is 1.65. The van der Waals surface area contributed by atoms with Crippen molar-refractivity contribution in [1.82, 2.24) is 20.2 Å². The van der Waals surface area contributed by atoms with Gasteiger partial charge in [-0.2, -0.15) is 0 Å². The number of ether oxygens (including phenoxy) is 1. The van der Waals surface area contributed by atoms with Crippen LogP contribution in [0, 0.1) is 6.92 Å². The van der Waals surface area contributed by atoms with Gasteiger partial charge in [-0.1, -0.05) is 29.5 Å². The van der Waals surface area contributed by atoms with E-state index in [1.165, 1.54) is 5.56 Å². The van der Waals surface area contributed by atoms with Crippen LogP contribution in [0.5, 0.6) is 5.75 Å². The van der Waals surface area contributed by atoms with E-state index in [1.807, 2.05) is 24.3 Å². The fourth-order valence-electron chi connectivity index (χ4n) is 2.52. The molecule has 0 spiro atoms. The van der Waals surface area contributed by atoms with Gasteiger partial charge in [0, 0.05) is 22.4 Å². The largest absolute Gasteiger partial charge is 0.497 e. The van der Waals surface area contributed by atoms with Crippen molar-refractivity contribution in [3.63, 3.8) is 0 Å². The van der Waals surface area contributed by atoms with Gasteiger partial charge in [0.2, 0.25) is 5.16 Å². The Kier molecular flexibility index (Phi) is 5.59. The van der Waals surface area contributed by atoms with E-state index >= 15 is 0 Å². The second kappa shape index (κ2) is 8.45. The number of nitrogens with one attached hydrogen (secondary N) is 2. The molecule has 2 heterocycles. The van der Waals surface area contributed by atoms with E-state index < -0.39 is 0 Å². The third kappa shape index (κ3) is 4.52. The van der Waals surface area contributed by atoms with Crippen molar-refractivity contribution in [1.29, 1.82) is 0 Å². The number of aromatic amines is 1. The summed E-state index contributed by atoms with van der Waals surface area (Å²) in [6, 6.07) is 16.0. The highest BCUT2D eigenvalue weighted by Crippen LogP contribution is 2.26. The van der Waals surface area contributed by atoms with Gasteiger partial charge < -0.3 is 10.1 Å². The van der Waals surface area contributed by atoms with Crippen molar-refractivity contribution in [2.24, 2.45) is 0 Å². The summed E-state index contributed by atoms with van der Waals surface area (Å²) < 4.78 is 5.18. The average Bonchev–Trinajstić information content (AvgIpc) is 3.38. The molecule has 6 nitrogen and oxygen atoms in total. The van der Waals surface area contributed by atoms with Crippen LogP contribution < -0.4 is 10.1 Å². The van der Waals surface area contributed by atoms with E-state index in [-0.39, 0.29) is 0 Å². The predicted octanol–water partition coefficient (Wildman–Crippen LogP) is 5.28. The minimum absolute atomic E-state index is 0.701. The zero-order valence-corrected chi connectivity index (χ0v) is 17.1. The number of anilines is 2. The van der Waals surface area contributed by atoms with Crippen LogP contribution in [0.4, 0.5) is 10.8 Å². The predicted molar refractivity (Wildman–Crippen MR) is 115 cm³/mol. The van der Waals surface area contributed by atoms with Crippen molar-refractivity contribution >= 4 is 33.9 Å². The van der Waals surface area contributed by atoms with E-state index in [0.717, 1.165) is 33.7 Å². The van der Waals surface area contributed by atoms with E-state index in [9.17, 15) is 0 Å². The first kappa shape index (κ1) is 18.5. The van der Waals surface area contributed by atoms with E-state index in [1.54, 1.807) is 30.2 Å². The molecule has 0 radical (unpaired) electrons. The molecule has 0 aliphatic carbocycles. The van der Waals surface area contributed by atoms with Gasteiger partial charge in [0.15, 0.2) is 11.0 Å². The van der Waals surface area contributed by atoms with Crippen LogP contribution in [0.2, 0.25) is 0 Å². The summed E-state index contributed by atoms with van der Waals surface area (Å²) in [6.07, 6.45) is 0. The Balaban J connectivity index is 1.35. The molecule has 28 heavy (non-hydrogen) atoms. The van der Waals surface area contributed by atoms with Crippen LogP contribution in [0.25, 0.3) is 11.4 Å². The van der Waals surface area contributed by atoms with Crippen LogP contribution in [-0.2, 0) is 5.75 Å². The van der Waals surface area contributed by atoms with Crippen LogP contribution in [0.15, 0.2) is 59.1 Å². The number of nitrogens with zero attached hydrogens (tertiary/aromatic N) is 3. The van der Waals surface area contributed by atoms with Gasteiger partial charge >= 0.3 is 0 Å². The monoisotopic (exact) mass is 409 g/mol. The molecule has 0 atom stereocenters. The maximum Gasteiger partial charge on any atom is 0.209 e. The highest BCUT2D eigenvalue weighted by atomic mass is 32.2. The molecular formula is C20H19N5OS2. The van der Waals surface area contributed by atoms with Crippen LogP contribution in [0.3, 0.4) is 0 Å². The number of hydrogen-bond donors (Lipinski definition) is 2. The van der Waals surface area contributed by atoms with Crippen molar-refractivity contribution in [3.05, 3.63) is 65.2 Å². The molecule has 0 saturated heterocycles. The van der Waals surface area contributed by atoms with Gasteiger partial charge in [-0.05, 0) is 43.3 Å². The van der Waals surface area contributed by atoms with Crippen LogP contribution in [-0.4, -0.2) is 27.3 Å². The molecule has 4 rings (SSSR count). The lowest BCUT2D eigenvalue weighted by Gasteiger charge is -2.02. The molecule has 0 amide bonds. The van der Waals surface area contributed by atoms with Gasteiger partial charge in [0.1, 0.15) is 5.75 Å². The highest BCUT2D eigenvalue weighted by Gasteiger charge is 2.09. The number of rotatable bonds is 7. The number of aryl methyl sites for hydroxylation is 1. The first-order valence-corrected chi connectivity index (χ1v) is 10.5. The number of thioether (sulfide) groups is 1. The van der Waals surface area contributed by atoms with E-state index in [2.05, 4.69) is 62.1 Å². The maximum absolute atomic E-state index is 5.18. The molecule has 0 aliphatic rings. The topological polar surface area (TPSA) is 75.7 Å². The third-order valence-corrected chi connectivity index (χ3v) is 5.72. The van der Waals surface area contributed by atoms with Crippen LogP contribution >= 0.6 is 23.1 Å². The fourth-order valence-corrected chi connectivity index (χ4v) is 4.05. The standard InChI is InChI=1S/C20H19N5OS2/c1-13-3-7-15(8-4-13)21-19-22-16(11-27-19)12-28-20-23-18(24-25-20)14-5-9-17(26-2)10-6-14/h3-11H,12H2,1-2H3,(H,21,22)(H,23,24,25). The van der Waals surface area contributed by atoms with Gasteiger partial charge in [0.05, 0.1) is 12.8 Å². The molecule has 2 aromatic carbocycles. The lowest BCUT2D eigenvalue weighted by atomic mass is 10.2. The van der Waals surface area contributed by atoms with Crippen molar-refractivity contribution in [2.45, 2.75) is 17.8 Å².